The molecule has 3 heterocycles. The Morgan fingerprint density at radius 3 is 2.29 bits per heavy atom. The van der Waals surface area contributed by atoms with Crippen molar-refractivity contribution in [3.63, 3.8) is 0 Å². The van der Waals surface area contributed by atoms with Gasteiger partial charge >= 0.3 is 0 Å². The number of thiophene rings is 1. The van der Waals surface area contributed by atoms with E-state index in [1.54, 1.807) is 7.11 Å². The van der Waals surface area contributed by atoms with E-state index in [0.29, 0.717) is 23.7 Å². The monoisotopic (exact) mass is 346 g/mol. The Balaban J connectivity index is 1.69. The minimum absolute atomic E-state index is 0.0472. The van der Waals surface area contributed by atoms with Crippen molar-refractivity contribution in [1.29, 1.82) is 0 Å². The van der Waals surface area contributed by atoms with Gasteiger partial charge in [0.25, 0.3) is 5.91 Å². The second kappa shape index (κ2) is 6.76. The van der Waals surface area contributed by atoms with Crippen LogP contribution in [0.2, 0.25) is 0 Å². The fourth-order valence-corrected chi connectivity index (χ4v) is 3.84. The van der Waals surface area contributed by atoms with E-state index in [1.807, 2.05) is 37.8 Å². The van der Waals surface area contributed by atoms with E-state index in [9.17, 15) is 4.79 Å². The van der Waals surface area contributed by atoms with E-state index in [0.717, 1.165) is 35.3 Å². The number of carbonyl (C=O) groups is 1. The first-order valence-electron chi connectivity index (χ1n) is 7.99. The third kappa shape index (κ3) is 3.36. The van der Waals surface area contributed by atoms with Crippen molar-refractivity contribution in [3.05, 3.63) is 33.3 Å². The van der Waals surface area contributed by atoms with E-state index in [-0.39, 0.29) is 5.91 Å². The Morgan fingerprint density at radius 1 is 1.08 bits per heavy atom. The molecule has 0 atom stereocenters. The van der Waals surface area contributed by atoms with Gasteiger partial charge < -0.3 is 14.5 Å². The maximum absolute atomic E-state index is 12.8. The number of piperazine rings is 1. The summed E-state index contributed by atoms with van der Waals surface area (Å²) in [7, 11) is 1.60. The fraction of sp³-hybridized carbons (Fsp3) is 0.471. The van der Waals surface area contributed by atoms with E-state index in [1.165, 1.54) is 11.3 Å². The average Bonchev–Trinajstić information content (AvgIpc) is 2.94. The molecule has 0 aromatic carbocycles. The number of hydrogen-bond donors (Lipinski definition) is 0. The minimum Gasteiger partial charge on any atom is -0.495 e. The highest BCUT2D eigenvalue weighted by Crippen LogP contribution is 2.30. The maximum Gasteiger partial charge on any atom is 0.267 e. The van der Waals surface area contributed by atoms with Gasteiger partial charge in [0.2, 0.25) is 5.95 Å². The summed E-state index contributed by atoms with van der Waals surface area (Å²) in [6.07, 6.45) is 0. The minimum atomic E-state index is 0.0472. The molecule has 24 heavy (non-hydrogen) atoms. The van der Waals surface area contributed by atoms with Gasteiger partial charge in [0.1, 0.15) is 10.6 Å². The van der Waals surface area contributed by atoms with Crippen molar-refractivity contribution >= 4 is 23.2 Å². The Hall–Kier alpha value is -2.15. The molecule has 0 saturated carbocycles. The SMILES string of the molecule is COc1cc(C)sc1C(=O)N1CCN(c2nc(C)cc(C)n2)CC1. The van der Waals surface area contributed by atoms with Gasteiger partial charge in [-0.2, -0.15) is 0 Å². The lowest BCUT2D eigenvalue weighted by atomic mass is 10.3. The van der Waals surface area contributed by atoms with Gasteiger partial charge in [-0.3, -0.25) is 4.79 Å². The summed E-state index contributed by atoms with van der Waals surface area (Å²) in [5, 5.41) is 0. The average molecular weight is 346 g/mol. The molecule has 0 radical (unpaired) electrons. The normalized spacial score (nSPS) is 14.8. The van der Waals surface area contributed by atoms with Crippen LogP contribution in [0.4, 0.5) is 5.95 Å². The summed E-state index contributed by atoms with van der Waals surface area (Å²) in [4.78, 5) is 27.6. The Labute approximate surface area is 146 Å². The zero-order chi connectivity index (χ0) is 17.3. The molecule has 1 saturated heterocycles. The van der Waals surface area contributed by atoms with E-state index in [2.05, 4.69) is 14.9 Å². The molecule has 3 rings (SSSR count). The summed E-state index contributed by atoms with van der Waals surface area (Å²) in [6.45, 7) is 8.74. The van der Waals surface area contributed by atoms with Crippen LogP contribution < -0.4 is 9.64 Å². The number of methoxy groups -OCH3 is 1. The van der Waals surface area contributed by atoms with Crippen LogP contribution in [0.3, 0.4) is 0 Å². The number of aromatic nitrogens is 2. The molecule has 2 aromatic heterocycles. The maximum atomic E-state index is 12.8. The van der Waals surface area contributed by atoms with Gasteiger partial charge in [-0.05, 0) is 32.9 Å². The first kappa shape index (κ1) is 16.7. The van der Waals surface area contributed by atoms with Crippen LogP contribution in [0.5, 0.6) is 5.75 Å². The number of carbonyl (C=O) groups excluding carboxylic acids is 1. The molecule has 0 bridgehead atoms. The smallest absolute Gasteiger partial charge is 0.267 e. The number of ether oxygens (including phenoxy) is 1. The van der Waals surface area contributed by atoms with Crippen LogP contribution in [0, 0.1) is 20.8 Å². The number of anilines is 1. The second-order valence-electron chi connectivity index (χ2n) is 5.98. The predicted molar refractivity (Wildman–Crippen MR) is 95.2 cm³/mol. The predicted octanol–water partition coefficient (Wildman–Crippen LogP) is 2.43. The molecule has 0 spiro atoms. The number of amides is 1. The highest BCUT2D eigenvalue weighted by Gasteiger charge is 2.26. The summed E-state index contributed by atoms with van der Waals surface area (Å²) < 4.78 is 5.33. The quantitative estimate of drug-likeness (QED) is 0.854. The molecule has 1 amide bonds. The topological polar surface area (TPSA) is 58.6 Å². The molecule has 1 aliphatic heterocycles. The molecule has 6 nitrogen and oxygen atoms in total. The molecule has 1 fully saturated rings. The van der Waals surface area contributed by atoms with Crippen LogP contribution in [-0.2, 0) is 0 Å². The number of rotatable bonds is 3. The Bertz CT molecular complexity index is 731. The second-order valence-corrected chi connectivity index (χ2v) is 7.24. The first-order chi connectivity index (χ1) is 11.5. The summed E-state index contributed by atoms with van der Waals surface area (Å²) in [5.74, 6) is 1.47. The van der Waals surface area contributed by atoms with E-state index < -0.39 is 0 Å². The van der Waals surface area contributed by atoms with Crippen molar-refractivity contribution in [3.8, 4) is 5.75 Å². The molecule has 0 aliphatic carbocycles. The van der Waals surface area contributed by atoms with Crippen LogP contribution >= 0.6 is 11.3 Å². The number of nitrogens with zero attached hydrogens (tertiary/aromatic N) is 4. The van der Waals surface area contributed by atoms with Crippen LogP contribution in [0.15, 0.2) is 12.1 Å². The molecule has 0 unspecified atom stereocenters. The standard InChI is InChI=1S/C17H22N4O2S/c1-11-9-12(2)19-17(18-11)21-7-5-20(6-8-21)16(22)15-14(23-4)10-13(3)24-15/h9-10H,5-8H2,1-4H3. The lowest BCUT2D eigenvalue weighted by molar-refractivity contribution is 0.0748. The zero-order valence-corrected chi connectivity index (χ0v) is 15.3. The van der Waals surface area contributed by atoms with Crippen molar-refractivity contribution in [1.82, 2.24) is 14.9 Å². The van der Waals surface area contributed by atoms with Gasteiger partial charge in [-0.15, -0.1) is 11.3 Å². The Morgan fingerprint density at radius 2 is 1.71 bits per heavy atom. The fourth-order valence-electron chi connectivity index (χ4n) is 2.89. The van der Waals surface area contributed by atoms with Crippen molar-refractivity contribution < 1.29 is 9.53 Å². The molecule has 0 N–H and O–H groups in total. The van der Waals surface area contributed by atoms with Crippen LogP contribution in [-0.4, -0.2) is 54.1 Å². The lowest BCUT2D eigenvalue weighted by Gasteiger charge is -2.34. The molecular weight excluding hydrogens is 324 g/mol. The van der Waals surface area contributed by atoms with Gasteiger partial charge in [-0.1, -0.05) is 0 Å². The van der Waals surface area contributed by atoms with Crippen molar-refractivity contribution in [2.75, 3.05) is 38.2 Å². The third-order valence-electron chi connectivity index (χ3n) is 4.06. The molecule has 1 aliphatic rings. The highest BCUT2D eigenvalue weighted by molar-refractivity contribution is 7.14. The third-order valence-corrected chi connectivity index (χ3v) is 5.08. The zero-order valence-electron chi connectivity index (χ0n) is 14.5. The van der Waals surface area contributed by atoms with Gasteiger partial charge in [0.05, 0.1) is 7.11 Å². The number of aryl methyl sites for hydroxylation is 3. The van der Waals surface area contributed by atoms with E-state index in [4.69, 9.17) is 4.74 Å². The first-order valence-corrected chi connectivity index (χ1v) is 8.80. The van der Waals surface area contributed by atoms with Gasteiger partial charge in [-0.25, -0.2) is 9.97 Å². The Kier molecular flexibility index (Phi) is 4.71. The molecule has 128 valence electrons. The number of hydrogen-bond acceptors (Lipinski definition) is 6. The summed E-state index contributed by atoms with van der Waals surface area (Å²) in [6, 6.07) is 3.88. The molecular formula is C17H22N4O2S. The summed E-state index contributed by atoms with van der Waals surface area (Å²) >= 11 is 1.49. The highest BCUT2D eigenvalue weighted by atomic mass is 32.1. The van der Waals surface area contributed by atoms with Gasteiger partial charge in [0, 0.05) is 42.4 Å². The van der Waals surface area contributed by atoms with Crippen LogP contribution in [0.1, 0.15) is 25.9 Å². The molecule has 2 aromatic rings. The lowest BCUT2D eigenvalue weighted by Crippen LogP contribution is -2.49. The van der Waals surface area contributed by atoms with Gasteiger partial charge in [0.15, 0.2) is 0 Å². The molecule has 7 heteroatoms. The van der Waals surface area contributed by atoms with Crippen LogP contribution in [0.25, 0.3) is 0 Å². The largest absolute Gasteiger partial charge is 0.495 e. The van der Waals surface area contributed by atoms with Crippen molar-refractivity contribution in [2.24, 2.45) is 0 Å². The summed E-state index contributed by atoms with van der Waals surface area (Å²) in [5.41, 5.74) is 1.93. The van der Waals surface area contributed by atoms with E-state index >= 15 is 0 Å². The van der Waals surface area contributed by atoms with Crippen molar-refractivity contribution in [2.45, 2.75) is 20.8 Å².